The van der Waals surface area contributed by atoms with Crippen LogP contribution in [0.4, 0.5) is 5.69 Å². The van der Waals surface area contributed by atoms with Crippen LogP contribution in [-0.4, -0.2) is 31.1 Å². The van der Waals surface area contributed by atoms with E-state index in [1.165, 1.54) is 30.5 Å². The number of carbonyl (C=O) groups is 1. The molecule has 7 nitrogen and oxygen atoms in total. The van der Waals surface area contributed by atoms with Crippen LogP contribution in [0.25, 0.3) is 0 Å². The maximum atomic E-state index is 12.5. The van der Waals surface area contributed by atoms with Crippen LogP contribution in [0.1, 0.15) is 38.7 Å². The summed E-state index contributed by atoms with van der Waals surface area (Å²) in [6.45, 7) is 3.95. The molecule has 0 spiro atoms. The van der Waals surface area contributed by atoms with Gasteiger partial charge in [0.1, 0.15) is 5.78 Å². The zero-order chi connectivity index (χ0) is 18.5. The monoisotopic (exact) mass is 364 g/mol. The number of Topliss-reactive ketones (excluding diaryl/α,β-unsaturated/α-hetero) is 1. The number of nitrogens with zero attached hydrogens (tertiary/aromatic N) is 2. The van der Waals surface area contributed by atoms with Crippen molar-refractivity contribution in [1.29, 1.82) is 0 Å². The molecule has 0 N–H and O–H groups in total. The number of hydrogen-bond donors (Lipinski definition) is 0. The SMILES string of the molecule is CC1(C)C2CCC1(CS(=O)(=O)/N=C/c1ccc([N+](=O)[O-])cc1)C(=O)C2. The second-order valence-electron chi connectivity index (χ2n) is 7.48. The highest BCUT2D eigenvalue weighted by Crippen LogP contribution is 2.64. The van der Waals surface area contributed by atoms with Crippen LogP contribution in [-0.2, 0) is 14.8 Å². The molecular formula is C17H20N2O5S. The Morgan fingerprint density at radius 3 is 2.44 bits per heavy atom. The molecule has 0 aromatic heterocycles. The summed E-state index contributed by atoms with van der Waals surface area (Å²) >= 11 is 0. The fourth-order valence-electron chi connectivity index (χ4n) is 4.28. The Morgan fingerprint density at radius 2 is 1.96 bits per heavy atom. The standard InChI is InChI=1S/C17H20N2O5S/c1-16(2)13-7-8-17(16,15(20)9-13)11-25(23,24)18-10-12-3-5-14(6-4-12)19(21)22/h3-6,10,13H,7-9,11H2,1-2H3/b18-10+. The fraction of sp³-hybridized carbons (Fsp3) is 0.529. The maximum absolute atomic E-state index is 12.5. The molecule has 25 heavy (non-hydrogen) atoms. The van der Waals surface area contributed by atoms with Gasteiger partial charge in [-0.2, -0.15) is 4.40 Å². The minimum absolute atomic E-state index is 0.0304. The lowest BCUT2D eigenvalue weighted by molar-refractivity contribution is -0.384. The van der Waals surface area contributed by atoms with Crippen LogP contribution in [0, 0.1) is 26.9 Å². The number of ketones is 1. The predicted molar refractivity (Wildman–Crippen MR) is 93.0 cm³/mol. The van der Waals surface area contributed by atoms with Crippen molar-refractivity contribution in [3.8, 4) is 0 Å². The second kappa shape index (κ2) is 5.72. The zero-order valence-electron chi connectivity index (χ0n) is 14.1. The summed E-state index contributed by atoms with van der Waals surface area (Å²) in [5.41, 5.74) is -0.800. The van der Waals surface area contributed by atoms with Gasteiger partial charge in [-0.15, -0.1) is 0 Å². The molecule has 0 saturated heterocycles. The first kappa shape index (κ1) is 17.7. The Balaban J connectivity index is 1.81. The summed E-state index contributed by atoms with van der Waals surface area (Å²) in [4.78, 5) is 22.6. The number of hydrogen-bond acceptors (Lipinski definition) is 5. The highest BCUT2D eigenvalue weighted by Gasteiger charge is 2.65. The summed E-state index contributed by atoms with van der Waals surface area (Å²) in [7, 11) is -3.82. The summed E-state index contributed by atoms with van der Waals surface area (Å²) < 4.78 is 28.7. The van der Waals surface area contributed by atoms with Gasteiger partial charge in [0.25, 0.3) is 15.7 Å². The van der Waals surface area contributed by atoms with Crippen molar-refractivity contribution in [3.63, 3.8) is 0 Å². The number of nitro benzene ring substituents is 1. The molecule has 1 aromatic carbocycles. The molecule has 8 heteroatoms. The average molecular weight is 364 g/mol. The molecule has 2 bridgehead atoms. The highest BCUT2D eigenvalue weighted by atomic mass is 32.2. The van der Waals surface area contributed by atoms with E-state index in [4.69, 9.17) is 0 Å². The Labute approximate surface area is 146 Å². The van der Waals surface area contributed by atoms with Crippen molar-refractivity contribution in [2.75, 3.05) is 5.75 Å². The highest BCUT2D eigenvalue weighted by molar-refractivity contribution is 7.90. The lowest BCUT2D eigenvalue weighted by Crippen LogP contribution is -2.41. The topological polar surface area (TPSA) is 107 Å². The van der Waals surface area contributed by atoms with Crippen molar-refractivity contribution in [2.45, 2.75) is 33.1 Å². The van der Waals surface area contributed by atoms with Crippen LogP contribution in [0.5, 0.6) is 0 Å². The second-order valence-corrected chi connectivity index (χ2v) is 9.14. The molecule has 0 aliphatic heterocycles. The molecule has 0 radical (unpaired) electrons. The minimum atomic E-state index is -3.82. The number of non-ortho nitro benzene ring substituents is 1. The van der Waals surface area contributed by atoms with Gasteiger partial charge in [-0.25, -0.2) is 8.42 Å². The largest absolute Gasteiger partial charge is 0.299 e. The molecule has 2 fully saturated rings. The average Bonchev–Trinajstić information content (AvgIpc) is 2.87. The number of nitro groups is 1. The van der Waals surface area contributed by atoms with Crippen molar-refractivity contribution >= 4 is 27.7 Å². The van der Waals surface area contributed by atoms with E-state index in [0.717, 1.165) is 6.42 Å². The normalized spacial score (nSPS) is 27.9. The maximum Gasteiger partial charge on any atom is 0.269 e. The van der Waals surface area contributed by atoms with Crippen molar-refractivity contribution in [2.24, 2.45) is 21.1 Å². The Morgan fingerprint density at radius 1 is 1.32 bits per heavy atom. The first-order chi connectivity index (χ1) is 11.6. The summed E-state index contributed by atoms with van der Waals surface area (Å²) in [5, 5.41) is 10.6. The number of fused-ring (bicyclic) bond motifs is 2. The lowest BCUT2D eigenvalue weighted by atomic mass is 9.70. The van der Waals surface area contributed by atoms with E-state index < -0.39 is 20.4 Å². The Kier molecular flexibility index (Phi) is 4.06. The quantitative estimate of drug-likeness (QED) is 0.453. The molecule has 3 rings (SSSR count). The van der Waals surface area contributed by atoms with Gasteiger partial charge in [-0.3, -0.25) is 14.9 Å². The van der Waals surface area contributed by atoms with Gasteiger partial charge < -0.3 is 0 Å². The van der Waals surface area contributed by atoms with Crippen LogP contribution >= 0.6 is 0 Å². The van der Waals surface area contributed by atoms with Gasteiger partial charge in [0.15, 0.2) is 0 Å². The number of sulfonamides is 1. The molecular weight excluding hydrogens is 344 g/mol. The molecule has 0 heterocycles. The lowest BCUT2D eigenvalue weighted by Gasteiger charge is -2.35. The van der Waals surface area contributed by atoms with E-state index in [-0.39, 0.29) is 28.6 Å². The van der Waals surface area contributed by atoms with Gasteiger partial charge >= 0.3 is 0 Å². The van der Waals surface area contributed by atoms with Gasteiger partial charge in [0.2, 0.25) is 0 Å². The van der Waals surface area contributed by atoms with Crippen molar-refractivity contribution in [1.82, 2.24) is 0 Å². The summed E-state index contributed by atoms with van der Waals surface area (Å²) in [5.74, 6) is 0.00273. The predicted octanol–water partition coefficient (Wildman–Crippen LogP) is 2.74. The number of rotatable bonds is 5. The van der Waals surface area contributed by atoms with Gasteiger partial charge in [0, 0.05) is 24.8 Å². The van der Waals surface area contributed by atoms with Crippen LogP contribution < -0.4 is 0 Å². The molecule has 2 aliphatic rings. The molecule has 2 unspecified atom stereocenters. The molecule has 0 amide bonds. The third-order valence-electron chi connectivity index (χ3n) is 6.03. The van der Waals surface area contributed by atoms with Gasteiger partial charge in [-0.1, -0.05) is 13.8 Å². The molecule has 2 atom stereocenters. The number of benzene rings is 1. The summed E-state index contributed by atoms with van der Waals surface area (Å²) in [6, 6.07) is 5.45. The first-order valence-electron chi connectivity index (χ1n) is 8.13. The van der Waals surface area contributed by atoms with E-state index in [0.29, 0.717) is 18.4 Å². The molecule has 2 aliphatic carbocycles. The molecule has 1 aromatic rings. The van der Waals surface area contributed by atoms with Crippen LogP contribution in [0.2, 0.25) is 0 Å². The Bertz CT molecular complexity index is 858. The van der Waals surface area contributed by atoms with E-state index >= 15 is 0 Å². The van der Waals surface area contributed by atoms with Gasteiger partial charge in [0.05, 0.1) is 16.1 Å². The smallest absolute Gasteiger partial charge is 0.269 e. The van der Waals surface area contributed by atoms with E-state index in [1.807, 2.05) is 13.8 Å². The van der Waals surface area contributed by atoms with Crippen LogP contribution in [0.3, 0.4) is 0 Å². The fourth-order valence-corrected chi connectivity index (χ4v) is 5.94. The number of carbonyl (C=O) groups excluding carboxylic acids is 1. The van der Waals surface area contributed by atoms with Crippen LogP contribution in [0.15, 0.2) is 28.7 Å². The third kappa shape index (κ3) is 2.88. The Hall–Kier alpha value is -2.09. The third-order valence-corrected chi connectivity index (χ3v) is 7.32. The van der Waals surface area contributed by atoms with E-state index in [9.17, 15) is 23.3 Å². The summed E-state index contributed by atoms with van der Waals surface area (Å²) in [6.07, 6.45) is 3.10. The minimum Gasteiger partial charge on any atom is -0.299 e. The van der Waals surface area contributed by atoms with Gasteiger partial charge in [-0.05, 0) is 41.9 Å². The molecule has 2 saturated carbocycles. The van der Waals surface area contributed by atoms with E-state index in [1.54, 1.807) is 0 Å². The van der Waals surface area contributed by atoms with Crippen molar-refractivity contribution in [3.05, 3.63) is 39.9 Å². The first-order valence-corrected chi connectivity index (χ1v) is 9.74. The molecule has 134 valence electrons. The zero-order valence-corrected chi connectivity index (χ0v) is 15.0. The van der Waals surface area contributed by atoms with E-state index in [2.05, 4.69) is 4.40 Å². The van der Waals surface area contributed by atoms with Crippen molar-refractivity contribution < 1.29 is 18.1 Å².